The summed E-state index contributed by atoms with van der Waals surface area (Å²) in [4.78, 5) is 27.7. The first kappa shape index (κ1) is 13.3. The van der Waals surface area contributed by atoms with Crippen molar-refractivity contribution < 1.29 is 29.7 Å². The lowest BCUT2D eigenvalue weighted by molar-refractivity contribution is -0.790. The van der Waals surface area contributed by atoms with Gasteiger partial charge in [-0.1, -0.05) is 0 Å². The molecular weight excluding hydrogens is 216 g/mol. The van der Waals surface area contributed by atoms with Crippen LogP contribution in [0.4, 0.5) is 0 Å². The van der Waals surface area contributed by atoms with Crippen molar-refractivity contribution in [1.82, 2.24) is 0 Å². The third kappa shape index (κ3) is 8.64. The maximum Gasteiger partial charge on any atom is 0.294 e. The summed E-state index contributed by atoms with van der Waals surface area (Å²) in [7, 11) is 0. The van der Waals surface area contributed by atoms with E-state index < -0.39 is 22.9 Å². The van der Waals surface area contributed by atoms with Gasteiger partial charge in [0, 0.05) is 0 Å². The van der Waals surface area contributed by atoms with E-state index in [1.807, 2.05) is 0 Å². The number of ether oxygens (including phenoxy) is 1. The van der Waals surface area contributed by atoms with Crippen molar-refractivity contribution in [2.75, 3.05) is 26.4 Å². The number of rotatable bonds is 9. The second-order valence-electron chi connectivity index (χ2n) is 2.27. The number of nitrogens with zero attached hydrogens (tertiary/aromatic N) is 2. The van der Waals surface area contributed by atoms with Crippen LogP contribution in [0.2, 0.25) is 0 Å². The molecule has 15 heavy (non-hydrogen) atoms. The minimum absolute atomic E-state index is 0.0456. The molecule has 0 bridgehead atoms. The first-order valence-corrected chi connectivity index (χ1v) is 3.83. The van der Waals surface area contributed by atoms with Crippen molar-refractivity contribution in [3.8, 4) is 0 Å². The summed E-state index contributed by atoms with van der Waals surface area (Å²) < 4.78 is 4.70. The smallest absolute Gasteiger partial charge is 0.294 e. The molecule has 0 aliphatic rings. The molecule has 0 aromatic rings. The molecule has 0 fully saturated rings. The fourth-order valence-corrected chi connectivity index (χ4v) is 0.654. The average molecular weight is 226 g/mol. The molecule has 0 saturated heterocycles. The molecule has 0 aromatic carbocycles. The van der Waals surface area contributed by atoms with Gasteiger partial charge in [-0.25, -0.2) is 0 Å². The van der Waals surface area contributed by atoms with E-state index in [1.54, 1.807) is 0 Å². The number of aliphatic hydroxyl groups excluding tert-OH is 1. The Kier molecular flexibility index (Phi) is 6.84. The lowest BCUT2D eigenvalue weighted by atomic mass is 10.4. The highest BCUT2D eigenvalue weighted by molar-refractivity contribution is 4.51. The summed E-state index contributed by atoms with van der Waals surface area (Å²) in [5.41, 5.74) is 0. The van der Waals surface area contributed by atoms with Crippen molar-refractivity contribution in [2.45, 2.75) is 6.10 Å². The third-order valence-electron chi connectivity index (χ3n) is 1.14. The Labute approximate surface area is 83.5 Å². The summed E-state index contributed by atoms with van der Waals surface area (Å²) in [6.45, 7) is -1.20. The van der Waals surface area contributed by atoms with Crippen LogP contribution in [0.3, 0.4) is 0 Å². The maximum atomic E-state index is 9.94. The van der Waals surface area contributed by atoms with Crippen molar-refractivity contribution in [2.24, 2.45) is 0 Å². The molecule has 1 atom stereocenters. The van der Waals surface area contributed by atoms with Crippen LogP contribution >= 0.6 is 0 Å². The normalized spacial score (nSPS) is 11.8. The standard InChI is InChI=1S/C5H10N2O8/c8-1-2-13-3-5(15-7(11)12)4-14-6(9)10/h5,8H,1-4H2/t5-/m1/s1. The SMILES string of the molecule is O=[N+]([O-])OC[C@@H](COCCO)O[N+](=O)[O-]. The zero-order chi connectivity index (χ0) is 11.7. The zero-order valence-electron chi connectivity index (χ0n) is 7.61. The van der Waals surface area contributed by atoms with Crippen molar-refractivity contribution in [3.05, 3.63) is 20.2 Å². The van der Waals surface area contributed by atoms with Gasteiger partial charge in [-0.3, -0.25) is 0 Å². The highest BCUT2D eigenvalue weighted by Gasteiger charge is 2.15. The second-order valence-corrected chi connectivity index (χ2v) is 2.27. The summed E-state index contributed by atoms with van der Waals surface area (Å²) in [5.74, 6) is 0. The Hall–Kier alpha value is -1.68. The lowest BCUT2D eigenvalue weighted by Crippen LogP contribution is -2.29. The Morgan fingerprint density at radius 2 is 1.87 bits per heavy atom. The molecule has 0 saturated carbocycles. The molecule has 0 aromatic heterocycles. The highest BCUT2D eigenvalue weighted by Crippen LogP contribution is 1.95. The van der Waals surface area contributed by atoms with E-state index in [0.29, 0.717) is 0 Å². The fourth-order valence-electron chi connectivity index (χ4n) is 0.654. The Balaban J connectivity index is 3.83. The molecule has 0 radical (unpaired) electrons. The van der Waals surface area contributed by atoms with E-state index in [1.165, 1.54) is 0 Å². The predicted molar refractivity (Wildman–Crippen MR) is 42.7 cm³/mol. The number of aliphatic hydroxyl groups is 1. The summed E-state index contributed by atoms with van der Waals surface area (Å²) >= 11 is 0. The molecule has 10 nitrogen and oxygen atoms in total. The van der Waals surface area contributed by atoms with Crippen LogP contribution in [0.1, 0.15) is 0 Å². The van der Waals surface area contributed by atoms with Crippen LogP contribution in [0, 0.1) is 20.2 Å². The van der Waals surface area contributed by atoms with Gasteiger partial charge in [-0.2, -0.15) is 0 Å². The van der Waals surface area contributed by atoms with Gasteiger partial charge in [0.25, 0.3) is 10.2 Å². The van der Waals surface area contributed by atoms with Gasteiger partial charge in [0.2, 0.25) is 0 Å². The second kappa shape index (κ2) is 7.70. The maximum absolute atomic E-state index is 9.94. The van der Waals surface area contributed by atoms with Gasteiger partial charge in [-0.15, -0.1) is 20.2 Å². The third-order valence-corrected chi connectivity index (χ3v) is 1.14. The van der Waals surface area contributed by atoms with E-state index in [9.17, 15) is 20.2 Å². The van der Waals surface area contributed by atoms with Crippen LogP contribution in [-0.2, 0) is 14.4 Å². The van der Waals surface area contributed by atoms with Gasteiger partial charge in [0.05, 0.1) is 19.8 Å². The van der Waals surface area contributed by atoms with Gasteiger partial charge in [0.1, 0.15) is 6.61 Å². The largest absolute Gasteiger partial charge is 0.394 e. The Morgan fingerprint density at radius 1 is 1.20 bits per heavy atom. The van der Waals surface area contributed by atoms with Crippen LogP contribution < -0.4 is 0 Å². The molecule has 0 amide bonds. The fraction of sp³-hybridized carbons (Fsp3) is 1.00. The predicted octanol–water partition coefficient (Wildman–Crippen LogP) is -1.22. The first-order valence-electron chi connectivity index (χ1n) is 3.83. The molecule has 0 aliphatic heterocycles. The van der Waals surface area contributed by atoms with Crippen molar-refractivity contribution in [3.63, 3.8) is 0 Å². The topological polar surface area (TPSA) is 134 Å². The lowest BCUT2D eigenvalue weighted by Gasteiger charge is -2.13. The minimum atomic E-state index is -1.20. The van der Waals surface area contributed by atoms with Gasteiger partial charge in [-0.05, 0) is 0 Å². The molecule has 0 heterocycles. The molecule has 0 rings (SSSR count). The number of hydrogen-bond acceptors (Lipinski definition) is 8. The zero-order valence-corrected chi connectivity index (χ0v) is 7.61. The van der Waals surface area contributed by atoms with Crippen LogP contribution in [-0.4, -0.2) is 47.8 Å². The van der Waals surface area contributed by atoms with Gasteiger partial charge >= 0.3 is 0 Å². The summed E-state index contributed by atoms with van der Waals surface area (Å²) in [6, 6.07) is 0. The van der Waals surface area contributed by atoms with Crippen LogP contribution in [0.15, 0.2) is 0 Å². The first-order chi connectivity index (χ1) is 7.06. The molecule has 0 unspecified atom stereocenters. The summed E-state index contributed by atoms with van der Waals surface area (Å²) in [5, 5.41) is 25.9. The van der Waals surface area contributed by atoms with Crippen molar-refractivity contribution in [1.29, 1.82) is 0 Å². The van der Waals surface area contributed by atoms with E-state index in [2.05, 4.69) is 9.68 Å². The molecule has 88 valence electrons. The van der Waals surface area contributed by atoms with E-state index in [4.69, 9.17) is 9.84 Å². The Bertz CT molecular complexity index is 209. The Morgan fingerprint density at radius 3 is 2.33 bits per heavy atom. The van der Waals surface area contributed by atoms with Crippen LogP contribution in [0.5, 0.6) is 0 Å². The molecule has 0 spiro atoms. The quantitative estimate of drug-likeness (QED) is 0.293. The van der Waals surface area contributed by atoms with E-state index in [-0.39, 0.29) is 19.8 Å². The molecule has 1 N–H and O–H groups in total. The monoisotopic (exact) mass is 226 g/mol. The molecule has 0 aliphatic carbocycles. The molecule has 10 heteroatoms. The molecular formula is C5H10N2O8. The average Bonchev–Trinajstić information content (AvgIpc) is 2.13. The minimum Gasteiger partial charge on any atom is -0.394 e. The van der Waals surface area contributed by atoms with E-state index in [0.717, 1.165) is 0 Å². The van der Waals surface area contributed by atoms with Crippen molar-refractivity contribution >= 4 is 0 Å². The summed E-state index contributed by atoms with van der Waals surface area (Å²) in [6.07, 6.45) is -1.20. The highest BCUT2D eigenvalue weighted by atomic mass is 17.0. The number of hydrogen-bond donors (Lipinski definition) is 1. The van der Waals surface area contributed by atoms with E-state index >= 15 is 0 Å². The van der Waals surface area contributed by atoms with Gasteiger partial charge in [0.15, 0.2) is 6.10 Å². The van der Waals surface area contributed by atoms with Gasteiger partial charge < -0.3 is 19.5 Å². The van der Waals surface area contributed by atoms with Crippen LogP contribution in [0.25, 0.3) is 0 Å².